The highest BCUT2D eigenvalue weighted by Gasteiger charge is 2.29. The molecule has 2 aliphatic heterocycles. The zero-order chi connectivity index (χ0) is 19.4. The second-order valence-corrected chi connectivity index (χ2v) is 9.73. The number of carbonyl (C=O) groups excluding carboxylic acids is 1. The number of likely N-dealkylation sites (tertiary alicyclic amines) is 1. The van der Waals surface area contributed by atoms with Crippen molar-refractivity contribution >= 4 is 15.9 Å². The molecule has 0 saturated carbocycles. The van der Waals surface area contributed by atoms with Crippen molar-refractivity contribution in [3.8, 4) is 0 Å². The predicted octanol–water partition coefficient (Wildman–Crippen LogP) is 2.13. The molecule has 6 nitrogen and oxygen atoms in total. The van der Waals surface area contributed by atoms with Crippen molar-refractivity contribution < 1.29 is 13.2 Å². The van der Waals surface area contributed by atoms with E-state index in [1.165, 1.54) is 0 Å². The fourth-order valence-corrected chi connectivity index (χ4v) is 5.64. The van der Waals surface area contributed by atoms with Crippen LogP contribution in [0.5, 0.6) is 0 Å². The van der Waals surface area contributed by atoms with E-state index in [4.69, 9.17) is 5.73 Å². The first-order valence-electron chi connectivity index (χ1n) is 10.0. The maximum absolute atomic E-state index is 12.8. The highest BCUT2D eigenvalue weighted by molar-refractivity contribution is 7.89. The Balaban J connectivity index is 1.67. The summed E-state index contributed by atoms with van der Waals surface area (Å²) in [5.41, 5.74) is 6.90. The molecule has 2 unspecified atom stereocenters. The molecule has 2 aliphatic rings. The Kier molecular flexibility index (Phi) is 6.55. The normalized spacial score (nSPS) is 23.2. The van der Waals surface area contributed by atoms with E-state index < -0.39 is 10.0 Å². The minimum atomic E-state index is -3.43. The van der Waals surface area contributed by atoms with Gasteiger partial charge in [-0.2, -0.15) is 4.31 Å². The maximum Gasteiger partial charge on any atom is 0.243 e. The quantitative estimate of drug-likeness (QED) is 0.831. The van der Waals surface area contributed by atoms with Crippen LogP contribution in [-0.4, -0.2) is 55.2 Å². The number of carbonyl (C=O) groups is 1. The fourth-order valence-electron chi connectivity index (χ4n) is 4.12. The van der Waals surface area contributed by atoms with Crippen LogP contribution in [-0.2, 0) is 21.2 Å². The van der Waals surface area contributed by atoms with Gasteiger partial charge >= 0.3 is 0 Å². The molecule has 1 aromatic rings. The first kappa shape index (κ1) is 20.3. The van der Waals surface area contributed by atoms with Gasteiger partial charge in [-0.1, -0.05) is 18.6 Å². The average Bonchev–Trinajstić information content (AvgIpc) is 2.69. The SMILES string of the molecule is CC(N)C1CCCCN1C(=O)Cc1ccc(S(=O)(=O)N2CCCCC2)cc1. The molecule has 1 aromatic carbocycles. The van der Waals surface area contributed by atoms with E-state index in [9.17, 15) is 13.2 Å². The summed E-state index contributed by atoms with van der Waals surface area (Å²) in [6, 6.07) is 6.85. The summed E-state index contributed by atoms with van der Waals surface area (Å²) in [5, 5.41) is 0. The molecule has 0 aromatic heterocycles. The second-order valence-electron chi connectivity index (χ2n) is 7.79. The van der Waals surface area contributed by atoms with E-state index in [1.807, 2.05) is 11.8 Å². The van der Waals surface area contributed by atoms with Crippen molar-refractivity contribution in [1.29, 1.82) is 0 Å². The molecule has 27 heavy (non-hydrogen) atoms. The van der Waals surface area contributed by atoms with Crippen molar-refractivity contribution in [2.45, 2.75) is 68.8 Å². The highest BCUT2D eigenvalue weighted by atomic mass is 32.2. The van der Waals surface area contributed by atoms with E-state index in [1.54, 1.807) is 28.6 Å². The third-order valence-electron chi connectivity index (χ3n) is 5.71. The molecule has 2 fully saturated rings. The van der Waals surface area contributed by atoms with Crippen molar-refractivity contribution in [2.24, 2.45) is 5.73 Å². The number of amides is 1. The number of sulfonamides is 1. The van der Waals surface area contributed by atoms with E-state index in [0.29, 0.717) is 18.0 Å². The Bertz CT molecular complexity index is 740. The van der Waals surface area contributed by atoms with E-state index >= 15 is 0 Å². The number of hydrogen-bond donors (Lipinski definition) is 1. The number of nitrogens with two attached hydrogens (primary N) is 1. The van der Waals surface area contributed by atoms with Crippen LogP contribution in [0.1, 0.15) is 51.0 Å². The lowest BCUT2D eigenvalue weighted by atomic mass is 9.96. The van der Waals surface area contributed by atoms with E-state index in [-0.39, 0.29) is 24.4 Å². The first-order valence-corrected chi connectivity index (χ1v) is 11.5. The van der Waals surface area contributed by atoms with Gasteiger partial charge in [0.15, 0.2) is 0 Å². The van der Waals surface area contributed by atoms with Crippen molar-refractivity contribution in [1.82, 2.24) is 9.21 Å². The summed E-state index contributed by atoms with van der Waals surface area (Å²) in [5.74, 6) is 0.0728. The molecule has 0 radical (unpaired) electrons. The molecular weight excluding hydrogens is 362 g/mol. The zero-order valence-electron chi connectivity index (χ0n) is 16.1. The molecular formula is C20H31N3O3S. The van der Waals surface area contributed by atoms with Crippen LogP contribution >= 0.6 is 0 Å². The third-order valence-corrected chi connectivity index (χ3v) is 7.62. The zero-order valence-corrected chi connectivity index (χ0v) is 17.0. The summed E-state index contributed by atoms with van der Waals surface area (Å²) in [6.07, 6.45) is 6.29. The van der Waals surface area contributed by atoms with Gasteiger partial charge in [0.2, 0.25) is 15.9 Å². The van der Waals surface area contributed by atoms with Crippen LogP contribution in [0.15, 0.2) is 29.2 Å². The van der Waals surface area contributed by atoms with Crippen LogP contribution in [0.4, 0.5) is 0 Å². The van der Waals surface area contributed by atoms with Gasteiger partial charge in [0.05, 0.1) is 11.3 Å². The van der Waals surface area contributed by atoms with Gasteiger partial charge in [-0.15, -0.1) is 0 Å². The Labute approximate surface area is 162 Å². The fraction of sp³-hybridized carbons (Fsp3) is 0.650. The van der Waals surface area contributed by atoms with Gasteiger partial charge in [0.1, 0.15) is 0 Å². The Morgan fingerprint density at radius 3 is 2.33 bits per heavy atom. The van der Waals surface area contributed by atoms with E-state index in [2.05, 4.69) is 0 Å². The molecule has 0 spiro atoms. The Morgan fingerprint density at radius 2 is 1.70 bits per heavy atom. The van der Waals surface area contributed by atoms with Gasteiger partial charge in [0, 0.05) is 31.7 Å². The molecule has 1 amide bonds. The minimum Gasteiger partial charge on any atom is -0.338 e. The summed E-state index contributed by atoms with van der Waals surface area (Å²) < 4.78 is 27.0. The van der Waals surface area contributed by atoms with Crippen LogP contribution < -0.4 is 5.73 Å². The monoisotopic (exact) mass is 393 g/mol. The van der Waals surface area contributed by atoms with Gasteiger partial charge in [-0.3, -0.25) is 4.79 Å². The first-order chi connectivity index (χ1) is 12.9. The summed E-state index contributed by atoms with van der Waals surface area (Å²) in [4.78, 5) is 15.0. The smallest absolute Gasteiger partial charge is 0.243 e. The predicted molar refractivity (Wildman–Crippen MR) is 106 cm³/mol. The van der Waals surface area contributed by atoms with Crippen molar-refractivity contribution in [3.63, 3.8) is 0 Å². The molecule has 0 aliphatic carbocycles. The third kappa shape index (κ3) is 4.70. The number of piperidine rings is 2. The van der Waals surface area contributed by atoms with Gasteiger partial charge in [0.25, 0.3) is 0 Å². The highest BCUT2D eigenvalue weighted by Crippen LogP contribution is 2.23. The molecule has 0 bridgehead atoms. The van der Waals surface area contributed by atoms with Crippen LogP contribution in [0.3, 0.4) is 0 Å². The average molecular weight is 394 g/mol. The summed E-state index contributed by atoms with van der Waals surface area (Å²) in [6.45, 7) is 3.90. The molecule has 2 heterocycles. The Morgan fingerprint density at radius 1 is 1.07 bits per heavy atom. The summed E-state index contributed by atoms with van der Waals surface area (Å²) >= 11 is 0. The lowest BCUT2D eigenvalue weighted by molar-refractivity contribution is -0.134. The lowest BCUT2D eigenvalue weighted by Crippen LogP contribution is -2.52. The minimum absolute atomic E-state index is 0.0358. The van der Waals surface area contributed by atoms with Gasteiger partial charge in [-0.05, 0) is 56.7 Å². The van der Waals surface area contributed by atoms with Crippen LogP contribution in [0.25, 0.3) is 0 Å². The molecule has 150 valence electrons. The molecule has 2 saturated heterocycles. The Hall–Kier alpha value is -1.44. The van der Waals surface area contributed by atoms with E-state index in [0.717, 1.165) is 50.6 Å². The second kappa shape index (κ2) is 8.71. The number of hydrogen-bond acceptors (Lipinski definition) is 4. The number of nitrogens with zero attached hydrogens (tertiary/aromatic N) is 2. The molecule has 7 heteroatoms. The largest absolute Gasteiger partial charge is 0.338 e. The molecule has 2 N–H and O–H groups in total. The van der Waals surface area contributed by atoms with Crippen molar-refractivity contribution in [2.75, 3.05) is 19.6 Å². The van der Waals surface area contributed by atoms with Crippen molar-refractivity contribution in [3.05, 3.63) is 29.8 Å². The standard InChI is InChI=1S/C20H31N3O3S/c1-16(21)19-7-3-6-14-23(19)20(24)15-17-8-10-18(11-9-17)27(25,26)22-12-4-2-5-13-22/h8-11,16,19H,2-7,12-15,21H2,1H3. The maximum atomic E-state index is 12.8. The molecule has 2 atom stereocenters. The summed E-state index contributed by atoms with van der Waals surface area (Å²) in [7, 11) is -3.43. The van der Waals surface area contributed by atoms with Gasteiger partial charge < -0.3 is 10.6 Å². The van der Waals surface area contributed by atoms with Gasteiger partial charge in [-0.25, -0.2) is 8.42 Å². The number of benzene rings is 1. The number of rotatable bonds is 5. The lowest BCUT2D eigenvalue weighted by Gasteiger charge is -2.38. The van der Waals surface area contributed by atoms with Crippen LogP contribution in [0.2, 0.25) is 0 Å². The van der Waals surface area contributed by atoms with Crippen LogP contribution in [0, 0.1) is 0 Å². The molecule has 3 rings (SSSR count). The topological polar surface area (TPSA) is 83.7 Å².